The topological polar surface area (TPSA) is 57.4 Å². The van der Waals surface area contributed by atoms with E-state index in [0.717, 1.165) is 16.9 Å². The molecule has 0 aliphatic heterocycles. The minimum Gasteiger partial charge on any atom is -0.497 e. The van der Waals surface area contributed by atoms with Crippen LogP contribution < -0.4 is 9.47 Å². The van der Waals surface area contributed by atoms with Gasteiger partial charge in [0.25, 0.3) is 5.89 Å². The van der Waals surface area contributed by atoms with E-state index in [2.05, 4.69) is 10.1 Å². The van der Waals surface area contributed by atoms with Gasteiger partial charge in [-0.05, 0) is 19.9 Å². The number of hydrogen-bond acceptors (Lipinski definition) is 5. The number of aromatic nitrogens is 2. The van der Waals surface area contributed by atoms with E-state index in [1.165, 1.54) is 0 Å². The number of benzene rings is 1. The van der Waals surface area contributed by atoms with Crippen LogP contribution in [0.4, 0.5) is 0 Å². The van der Waals surface area contributed by atoms with Gasteiger partial charge in [0.1, 0.15) is 11.5 Å². The molecule has 0 fully saturated rings. The summed E-state index contributed by atoms with van der Waals surface area (Å²) >= 11 is 0. The molecule has 0 aliphatic carbocycles. The van der Waals surface area contributed by atoms with Crippen molar-refractivity contribution < 1.29 is 14.0 Å². The van der Waals surface area contributed by atoms with Crippen molar-refractivity contribution in [2.24, 2.45) is 0 Å². The van der Waals surface area contributed by atoms with Crippen molar-refractivity contribution in [2.75, 3.05) is 14.2 Å². The average Bonchev–Trinajstić information content (AvgIpc) is 2.76. The zero-order valence-corrected chi connectivity index (χ0v) is 10.3. The van der Waals surface area contributed by atoms with Crippen molar-refractivity contribution in [3.8, 4) is 23.0 Å². The lowest BCUT2D eigenvalue weighted by Gasteiger charge is -2.10. The van der Waals surface area contributed by atoms with Crippen molar-refractivity contribution in [1.29, 1.82) is 0 Å². The van der Waals surface area contributed by atoms with E-state index in [1.807, 2.05) is 19.1 Å². The molecule has 5 heteroatoms. The summed E-state index contributed by atoms with van der Waals surface area (Å²) in [6, 6.07) is 3.67. The number of rotatable bonds is 3. The molecule has 1 aromatic carbocycles. The fraction of sp³-hybridized carbons (Fsp3) is 0.333. The first kappa shape index (κ1) is 11.4. The third-order valence-corrected chi connectivity index (χ3v) is 2.55. The van der Waals surface area contributed by atoms with Crippen molar-refractivity contribution in [3.63, 3.8) is 0 Å². The summed E-state index contributed by atoms with van der Waals surface area (Å²) in [6.07, 6.45) is 0. The first-order chi connectivity index (χ1) is 8.15. The summed E-state index contributed by atoms with van der Waals surface area (Å²) in [4.78, 5) is 4.20. The van der Waals surface area contributed by atoms with Crippen LogP contribution in [0, 0.1) is 13.8 Å². The van der Waals surface area contributed by atoms with Crippen LogP contribution in [-0.4, -0.2) is 24.4 Å². The minimum atomic E-state index is 0.470. The molecule has 17 heavy (non-hydrogen) atoms. The maximum Gasteiger partial charge on any atom is 0.258 e. The Morgan fingerprint density at radius 2 is 1.88 bits per heavy atom. The van der Waals surface area contributed by atoms with Crippen molar-refractivity contribution >= 4 is 0 Å². The van der Waals surface area contributed by atoms with Crippen molar-refractivity contribution in [2.45, 2.75) is 13.8 Å². The number of nitrogens with zero attached hydrogens (tertiary/aromatic N) is 2. The predicted octanol–water partition coefficient (Wildman–Crippen LogP) is 2.37. The van der Waals surface area contributed by atoms with E-state index in [1.54, 1.807) is 21.1 Å². The first-order valence-corrected chi connectivity index (χ1v) is 5.19. The quantitative estimate of drug-likeness (QED) is 0.816. The molecule has 0 bridgehead atoms. The normalized spacial score (nSPS) is 10.4. The van der Waals surface area contributed by atoms with Gasteiger partial charge in [0.05, 0.1) is 19.8 Å². The van der Waals surface area contributed by atoms with E-state index in [0.29, 0.717) is 17.5 Å². The smallest absolute Gasteiger partial charge is 0.258 e. The maximum atomic E-state index is 5.29. The monoisotopic (exact) mass is 234 g/mol. The molecule has 0 saturated heterocycles. The summed E-state index contributed by atoms with van der Waals surface area (Å²) in [7, 11) is 3.22. The molecule has 5 nitrogen and oxygen atoms in total. The molecule has 2 aromatic rings. The molecule has 90 valence electrons. The van der Waals surface area contributed by atoms with Gasteiger partial charge in [0.15, 0.2) is 5.82 Å². The lowest BCUT2D eigenvalue weighted by molar-refractivity contribution is 0.391. The Bertz CT molecular complexity index is 535. The molecule has 0 N–H and O–H groups in total. The van der Waals surface area contributed by atoms with Crippen molar-refractivity contribution in [1.82, 2.24) is 10.1 Å². The molecule has 1 aromatic heterocycles. The van der Waals surface area contributed by atoms with E-state index in [-0.39, 0.29) is 0 Å². The third kappa shape index (κ3) is 2.08. The molecular formula is C12H14N2O3. The Labute approximate surface area is 99.4 Å². The molecule has 0 spiro atoms. The standard InChI is InChI=1S/C12H14N2O3/c1-7-10(12-13-8(2)14-17-12)5-9(15-3)6-11(7)16-4/h5-6H,1-4H3. The van der Waals surface area contributed by atoms with Gasteiger partial charge in [-0.1, -0.05) is 5.16 Å². The number of aryl methyl sites for hydroxylation is 1. The van der Waals surface area contributed by atoms with Gasteiger partial charge in [0, 0.05) is 11.6 Å². The van der Waals surface area contributed by atoms with Gasteiger partial charge in [-0.3, -0.25) is 0 Å². The molecule has 0 amide bonds. The Morgan fingerprint density at radius 3 is 2.41 bits per heavy atom. The molecule has 1 heterocycles. The van der Waals surface area contributed by atoms with Crippen LogP contribution in [0.15, 0.2) is 16.7 Å². The average molecular weight is 234 g/mol. The van der Waals surface area contributed by atoms with Gasteiger partial charge < -0.3 is 14.0 Å². The van der Waals surface area contributed by atoms with Crippen LogP contribution in [0.2, 0.25) is 0 Å². The van der Waals surface area contributed by atoms with E-state index >= 15 is 0 Å². The highest BCUT2D eigenvalue weighted by molar-refractivity contribution is 5.65. The van der Waals surface area contributed by atoms with Gasteiger partial charge in [0.2, 0.25) is 0 Å². The van der Waals surface area contributed by atoms with Crippen LogP contribution in [0.25, 0.3) is 11.5 Å². The van der Waals surface area contributed by atoms with Crippen LogP contribution in [0.1, 0.15) is 11.4 Å². The van der Waals surface area contributed by atoms with Crippen LogP contribution in [0.5, 0.6) is 11.5 Å². The van der Waals surface area contributed by atoms with Crippen molar-refractivity contribution in [3.05, 3.63) is 23.5 Å². The van der Waals surface area contributed by atoms with E-state index in [9.17, 15) is 0 Å². The summed E-state index contributed by atoms with van der Waals surface area (Å²) in [6.45, 7) is 3.72. The zero-order valence-electron chi connectivity index (χ0n) is 10.3. The second-order valence-corrected chi connectivity index (χ2v) is 3.65. The Kier molecular flexibility index (Phi) is 2.99. The highest BCUT2D eigenvalue weighted by Crippen LogP contribution is 2.33. The molecule has 0 aliphatic rings. The number of hydrogen-bond donors (Lipinski definition) is 0. The van der Waals surface area contributed by atoms with Gasteiger partial charge in [-0.15, -0.1) is 0 Å². The highest BCUT2D eigenvalue weighted by Gasteiger charge is 2.14. The lowest BCUT2D eigenvalue weighted by Crippen LogP contribution is -1.93. The molecule has 0 saturated carbocycles. The summed E-state index contributed by atoms with van der Waals surface area (Å²) in [5.74, 6) is 2.49. The SMILES string of the molecule is COc1cc(OC)c(C)c(-c2nc(C)no2)c1. The fourth-order valence-corrected chi connectivity index (χ4v) is 1.62. The first-order valence-electron chi connectivity index (χ1n) is 5.19. The summed E-state index contributed by atoms with van der Waals surface area (Å²) < 4.78 is 15.7. The third-order valence-electron chi connectivity index (χ3n) is 2.55. The molecular weight excluding hydrogens is 220 g/mol. The largest absolute Gasteiger partial charge is 0.497 e. The summed E-state index contributed by atoms with van der Waals surface area (Å²) in [5, 5.41) is 3.78. The van der Waals surface area contributed by atoms with Crippen LogP contribution in [0.3, 0.4) is 0 Å². The zero-order chi connectivity index (χ0) is 12.4. The highest BCUT2D eigenvalue weighted by atomic mass is 16.5. The fourth-order valence-electron chi connectivity index (χ4n) is 1.62. The van der Waals surface area contributed by atoms with Gasteiger partial charge in [-0.25, -0.2) is 0 Å². The second-order valence-electron chi connectivity index (χ2n) is 3.65. The molecule has 0 radical (unpaired) electrons. The Hall–Kier alpha value is -2.04. The second kappa shape index (κ2) is 4.45. The van der Waals surface area contributed by atoms with Crippen LogP contribution >= 0.6 is 0 Å². The Balaban J connectivity index is 2.59. The van der Waals surface area contributed by atoms with E-state index in [4.69, 9.17) is 14.0 Å². The lowest BCUT2D eigenvalue weighted by atomic mass is 10.1. The Morgan fingerprint density at radius 1 is 1.12 bits per heavy atom. The molecule has 2 rings (SSSR count). The molecule has 0 atom stereocenters. The number of methoxy groups -OCH3 is 2. The predicted molar refractivity (Wildman–Crippen MR) is 62.3 cm³/mol. The number of ether oxygens (including phenoxy) is 2. The maximum absolute atomic E-state index is 5.29. The van der Waals surface area contributed by atoms with E-state index < -0.39 is 0 Å². The molecule has 0 unspecified atom stereocenters. The van der Waals surface area contributed by atoms with Gasteiger partial charge >= 0.3 is 0 Å². The minimum absolute atomic E-state index is 0.470. The summed E-state index contributed by atoms with van der Waals surface area (Å²) in [5.41, 5.74) is 1.76. The van der Waals surface area contributed by atoms with Crippen LogP contribution in [-0.2, 0) is 0 Å². The van der Waals surface area contributed by atoms with Gasteiger partial charge in [-0.2, -0.15) is 4.98 Å².